The van der Waals surface area contributed by atoms with Crippen LogP contribution in [0.3, 0.4) is 0 Å². The van der Waals surface area contributed by atoms with Crippen LogP contribution in [0.15, 0.2) is 18.2 Å². The van der Waals surface area contributed by atoms with Crippen molar-refractivity contribution in [3.8, 4) is 0 Å². The zero-order valence-corrected chi connectivity index (χ0v) is 19.0. The molecule has 6 nitrogen and oxygen atoms in total. The van der Waals surface area contributed by atoms with Gasteiger partial charge in [-0.3, -0.25) is 14.9 Å². The highest BCUT2D eigenvalue weighted by atomic mass is 32.1. The van der Waals surface area contributed by atoms with E-state index in [-0.39, 0.29) is 17.9 Å². The lowest BCUT2D eigenvalue weighted by molar-refractivity contribution is -0.126. The third kappa shape index (κ3) is 7.97. The minimum atomic E-state index is -0.773. The number of unbranched alkanes of at least 4 members (excludes halogenated alkanes) is 1. The van der Waals surface area contributed by atoms with Crippen molar-refractivity contribution in [1.82, 2.24) is 15.5 Å². The van der Waals surface area contributed by atoms with Crippen molar-refractivity contribution in [2.24, 2.45) is 0 Å². The van der Waals surface area contributed by atoms with Crippen LogP contribution in [0.25, 0.3) is 0 Å². The van der Waals surface area contributed by atoms with Crippen LogP contribution in [0.1, 0.15) is 75.8 Å². The minimum absolute atomic E-state index is 0.206. The molecule has 31 heavy (non-hydrogen) atoms. The van der Waals surface area contributed by atoms with E-state index in [0.29, 0.717) is 23.9 Å². The van der Waals surface area contributed by atoms with Crippen molar-refractivity contribution < 1.29 is 18.4 Å². The Bertz CT molecular complexity index is 855. The molecule has 170 valence electrons. The van der Waals surface area contributed by atoms with Gasteiger partial charge < -0.3 is 5.32 Å². The van der Waals surface area contributed by atoms with Crippen LogP contribution in [0.2, 0.25) is 0 Å². The van der Waals surface area contributed by atoms with Crippen LogP contribution in [-0.2, 0) is 16.0 Å². The fraction of sp³-hybridized carbons (Fsp3) is 0.545. The molecule has 0 aliphatic heterocycles. The molecule has 0 saturated carbocycles. The van der Waals surface area contributed by atoms with Gasteiger partial charge in [0, 0.05) is 12.0 Å². The molecule has 0 spiro atoms. The van der Waals surface area contributed by atoms with E-state index in [1.54, 1.807) is 0 Å². The van der Waals surface area contributed by atoms with Gasteiger partial charge in [0.05, 0.1) is 6.42 Å². The Hall–Kier alpha value is -2.42. The van der Waals surface area contributed by atoms with Crippen LogP contribution < -0.4 is 10.6 Å². The van der Waals surface area contributed by atoms with Crippen molar-refractivity contribution in [3.63, 3.8) is 0 Å². The van der Waals surface area contributed by atoms with Gasteiger partial charge in [-0.25, -0.2) is 8.78 Å². The number of rotatable bonds is 12. The van der Waals surface area contributed by atoms with E-state index in [1.807, 2.05) is 6.92 Å². The van der Waals surface area contributed by atoms with E-state index in [0.717, 1.165) is 48.9 Å². The molecule has 1 aromatic carbocycles. The van der Waals surface area contributed by atoms with Gasteiger partial charge in [0.1, 0.15) is 22.7 Å². The standard InChI is InChI=1S/C22H30F2N4O2S/c1-4-7-9-15(6-3)21-27-28-22(31-21)26-20(30)18(8-5-2)25-19(29)12-14-10-16(23)13-17(24)11-14/h10-11,13,15,18H,4-9,12H2,1-3H3,(H,25,29)(H,26,28,30). The van der Waals surface area contributed by atoms with Crippen LogP contribution in [0, 0.1) is 11.6 Å². The first kappa shape index (κ1) is 24.8. The predicted octanol–water partition coefficient (Wildman–Crippen LogP) is 4.97. The monoisotopic (exact) mass is 452 g/mol. The summed E-state index contributed by atoms with van der Waals surface area (Å²) >= 11 is 1.35. The number of carbonyl (C=O) groups excluding carboxylic acids is 2. The van der Waals surface area contributed by atoms with Crippen molar-refractivity contribution in [2.45, 2.75) is 77.7 Å². The molecule has 2 amide bonds. The molecule has 0 radical (unpaired) electrons. The minimum Gasteiger partial charge on any atom is -0.344 e. The zero-order chi connectivity index (χ0) is 22.8. The summed E-state index contributed by atoms with van der Waals surface area (Å²) in [5.41, 5.74) is 0.206. The lowest BCUT2D eigenvalue weighted by atomic mass is 10.0. The molecule has 1 aromatic heterocycles. The van der Waals surface area contributed by atoms with Crippen molar-refractivity contribution in [2.75, 3.05) is 5.32 Å². The number of nitrogens with zero attached hydrogens (tertiary/aromatic N) is 2. The number of hydrogen-bond acceptors (Lipinski definition) is 5. The first-order valence-electron chi connectivity index (χ1n) is 10.7. The molecule has 0 aliphatic carbocycles. The highest BCUT2D eigenvalue weighted by Gasteiger charge is 2.22. The number of benzene rings is 1. The molecule has 0 fully saturated rings. The van der Waals surface area contributed by atoms with Gasteiger partial charge in [0.25, 0.3) is 0 Å². The molecular formula is C22H30F2N4O2S. The van der Waals surface area contributed by atoms with Gasteiger partial charge in [-0.2, -0.15) is 0 Å². The SMILES string of the molecule is CCCCC(CC)c1nnc(NC(=O)C(CCC)NC(=O)Cc2cc(F)cc(F)c2)s1. The van der Waals surface area contributed by atoms with Gasteiger partial charge in [-0.05, 0) is 37.0 Å². The summed E-state index contributed by atoms with van der Waals surface area (Å²) in [6, 6.07) is 2.17. The fourth-order valence-corrected chi connectivity index (χ4v) is 4.26. The average molecular weight is 453 g/mol. The molecular weight excluding hydrogens is 422 g/mol. The highest BCUT2D eigenvalue weighted by molar-refractivity contribution is 7.15. The van der Waals surface area contributed by atoms with Crippen molar-refractivity contribution in [1.29, 1.82) is 0 Å². The predicted molar refractivity (Wildman–Crippen MR) is 118 cm³/mol. The summed E-state index contributed by atoms with van der Waals surface area (Å²) in [5.74, 6) is -2.04. The summed E-state index contributed by atoms with van der Waals surface area (Å²) in [6.07, 6.45) is 5.08. The summed E-state index contributed by atoms with van der Waals surface area (Å²) < 4.78 is 26.7. The lowest BCUT2D eigenvalue weighted by Gasteiger charge is -2.17. The van der Waals surface area contributed by atoms with E-state index in [9.17, 15) is 18.4 Å². The Morgan fingerprint density at radius 2 is 1.74 bits per heavy atom. The second-order valence-corrected chi connectivity index (χ2v) is 8.55. The largest absolute Gasteiger partial charge is 0.344 e. The summed E-state index contributed by atoms with van der Waals surface area (Å²) in [7, 11) is 0. The number of halogens is 2. The molecule has 2 unspecified atom stereocenters. The molecule has 0 bridgehead atoms. The van der Waals surface area contributed by atoms with Gasteiger partial charge in [0.15, 0.2) is 0 Å². The third-order valence-corrected chi connectivity index (χ3v) is 5.94. The Morgan fingerprint density at radius 1 is 1.03 bits per heavy atom. The Labute approximate surface area is 185 Å². The van der Waals surface area contributed by atoms with Crippen LogP contribution in [0.5, 0.6) is 0 Å². The second kappa shape index (κ2) is 12.4. The normalized spacial score (nSPS) is 12.9. The van der Waals surface area contributed by atoms with Gasteiger partial charge in [-0.1, -0.05) is 51.4 Å². The van der Waals surface area contributed by atoms with Crippen molar-refractivity contribution >= 4 is 28.3 Å². The molecule has 0 saturated heterocycles. The second-order valence-electron chi connectivity index (χ2n) is 7.55. The molecule has 0 aliphatic rings. The van der Waals surface area contributed by atoms with E-state index < -0.39 is 23.6 Å². The lowest BCUT2D eigenvalue weighted by Crippen LogP contribution is -2.44. The Morgan fingerprint density at radius 3 is 2.35 bits per heavy atom. The van der Waals surface area contributed by atoms with Crippen LogP contribution in [-0.4, -0.2) is 28.1 Å². The van der Waals surface area contributed by atoms with E-state index in [4.69, 9.17) is 0 Å². The first-order valence-corrected chi connectivity index (χ1v) is 11.6. The molecule has 2 aromatic rings. The maximum absolute atomic E-state index is 13.3. The smallest absolute Gasteiger partial charge is 0.248 e. The van der Waals surface area contributed by atoms with Crippen LogP contribution in [0.4, 0.5) is 13.9 Å². The molecule has 2 N–H and O–H groups in total. The van der Waals surface area contributed by atoms with Crippen LogP contribution >= 0.6 is 11.3 Å². The summed E-state index contributed by atoms with van der Waals surface area (Å²) in [4.78, 5) is 25.1. The number of amides is 2. The maximum Gasteiger partial charge on any atom is 0.248 e. The summed E-state index contributed by atoms with van der Waals surface area (Å²) in [6.45, 7) is 6.15. The number of anilines is 1. The number of nitrogens with one attached hydrogen (secondary N) is 2. The highest BCUT2D eigenvalue weighted by Crippen LogP contribution is 2.29. The quantitative estimate of drug-likeness (QED) is 0.476. The summed E-state index contributed by atoms with van der Waals surface area (Å²) in [5, 5.41) is 15.0. The molecule has 2 atom stereocenters. The molecule has 1 heterocycles. The van der Waals surface area contributed by atoms with Crippen molar-refractivity contribution in [3.05, 3.63) is 40.4 Å². The number of carbonyl (C=O) groups is 2. The average Bonchev–Trinajstić information content (AvgIpc) is 3.15. The van der Waals surface area contributed by atoms with Gasteiger partial charge in [-0.15, -0.1) is 10.2 Å². The van der Waals surface area contributed by atoms with E-state index in [2.05, 4.69) is 34.7 Å². The molecule has 9 heteroatoms. The van der Waals surface area contributed by atoms with Gasteiger partial charge in [0.2, 0.25) is 16.9 Å². The number of hydrogen-bond donors (Lipinski definition) is 2. The maximum atomic E-state index is 13.3. The third-order valence-electron chi connectivity index (χ3n) is 4.94. The Kier molecular flexibility index (Phi) is 9.97. The first-order chi connectivity index (χ1) is 14.9. The van der Waals surface area contributed by atoms with E-state index >= 15 is 0 Å². The fourth-order valence-electron chi connectivity index (χ4n) is 3.30. The Balaban J connectivity index is 1.99. The number of aromatic nitrogens is 2. The molecule has 2 rings (SSSR count). The van der Waals surface area contributed by atoms with Gasteiger partial charge >= 0.3 is 0 Å². The zero-order valence-electron chi connectivity index (χ0n) is 18.2. The van der Waals surface area contributed by atoms with E-state index in [1.165, 1.54) is 11.3 Å². The topological polar surface area (TPSA) is 84.0 Å².